The molecule has 0 spiro atoms. The van der Waals surface area contributed by atoms with Crippen molar-refractivity contribution in [3.63, 3.8) is 0 Å². The van der Waals surface area contributed by atoms with Crippen molar-refractivity contribution in [3.05, 3.63) is 47.7 Å². The van der Waals surface area contributed by atoms with Crippen LogP contribution in [0.1, 0.15) is 32.1 Å². The van der Waals surface area contributed by atoms with E-state index in [9.17, 15) is 4.79 Å². The van der Waals surface area contributed by atoms with Crippen LogP contribution in [-0.2, 0) is 23.7 Å². The van der Waals surface area contributed by atoms with Crippen molar-refractivity contribution in [2.45, 2.75) is 44.9 Å². The summed E-state index contributed by atoms with van der Waals surface area (Å²) in [4.78, 5) is 11.7. The van der Waals surface area contributed by atoms with Gasteiger partial charge in [-0.05, 0) is 6.92 Å². The summed E-state index contributed by atoms with van der Waals surface area (Å²) < 4.78 is 22.9. The van der Waals surface area contributed by atoms with E-state index >= 15 is 0 Å². The highest BCUT2D eigenvalue weighted by Crippen LogP contribution is 2.34. The molecule has 4 atom stereocenters. The van der Waals surface area contributed by atoms with Crippen molar-refractivity contribution in [2.24, 2.45) is 0 Å². The van der Waals surface area contributed by atoms with Crippen LogP contribution in [-0.4, -0.2) is 30.9 Å². The molecule has 1 saturated heterocycles. The molecule has 2 aliphatic rings. The standard InChI is InChI=1S/C17H20O5/c1-3-14(18)21-15-11(2)9-19-13-10-20-17(22-16(13)15)12-7-5-4-6-8-12/h4-9,13,15-17H,3,10H2,1-2H3/t13-,15+,16-,17-/m1/s1. The van der Waals surface area contributed by atoms with Crippen molar-refractivity contribution in [2.75, 3.05) is 6.61 Å². The Morgan fingerprint density at radius 1 is 1.32 bits per heavy atom. The van der Waals surface area contributed by atoms with Crippen LogP contribution in [0, 0.1) is 0 Å². The molecular weight excluding hydrogens is 284 g/mol. The van der Waals surface area contributed by atoms with E-state index < -0.39 is 12.4 Å². The number of ether oxygens (including phenoxy) is 4. The SMILES string of the molecule is CCC(=O)O[C@H]1C(C)=CO[C@@H]2CO[C@@H](c3ccccc3)O[C@H]21. The first kappa shape index (κ1) is 15.1. The summed E-state index contributed by atoms with van der Waals surface area (Å²) in [6.07, 6.45) is 0.434. The molecule has 22 heavy (non-hydrogen) atoms. The molecular formula is C17H20O5. The average Bonchev–Trinajstić information content (AvgIpc) is 2.57. The lowest BCUT2D eigenvalue weighted by atomic mass is 9.98. The minimum atomic E-state index is -0.472. The first-order valence-electron chi connectivity index (χ1n) is 7.52. The Labute approximate surface area is 129 Å². The van der Waals surface area contributed by atoms with Gasteiger partial charge < -0.3 is 18.9 Å². The highest BCUT2D eigenvalue weighted by atomic mass is 16.7. The topological polar surface area (TPSA) is 54.0 Å². The Kier molecular flexibility index (Phi) is 4.45. The van der Waals surface area contributed by atoms with Crippen molar-refractivity contribution in [1.29, 1.82) is 0 Å². The van der Waals surface area contributed by atoms with Crippen LogP contribution >= 0.6 is 0 Å². The molecule has 2 aliphatic heterocycles. The largest absolute Gasteiger partial charge is 0.493 e. The van der Waals surface area contributed by atoms with E-state index in [4.69, 9.17) is 18.9 Å². The van der Waals surface area contributed by atoms with Crippen LogP contribution in [0.5, 0.6) is 0 Å². The molecule has 118 valence electrons. The minimum absolute atomic E-state index is 0.246. The Morgan fingerprint density at radius 2 is 2.09 bits per heavy atom. The molecule has 0 aliphatic carbocycles. The smallest absolute Gasteiger partial charge is 0.306 e. The molecule has 1 fully saturated rings. The van der Waals surface area contributed by atoms with E-state index in [0.29, 0.717) is 13.0 Å². The Bertz CT molecular complexity index is 553. The predicted molar refractivity (Wildman–Crippen MR) is 78.8 cm³/mol. The molecule has 0 aromatic heterocycles. The number of esters is 1. The van der Waals surface area contributed by atoms with Gasteiger partial charge in [0.1, 0.15) is 6.10 Å². The summed E-state index contributed by atoms with van der Waals surface area (Å²) in [5.41, 5.74) is 1.78. The van der Waals surface area contributed by atoms with Gasteiger partial charge in [-0.2, -0.15) is 0 Å². The number of hydrogen-bond acceptors (Lipinski definition) is 5. The number of fused-ring (bicyclic) bond motifs is 1. The maximum Gasteiger partial charge on any atom is 0.306 e. The van der Waals surface area contributed by atoms with Gasteiger partial charge in [-0.25, -0.2) is 0 Å². The second kappa shape index (κ2) is 6.50. The van der Waals surface area contributed by atoms with Crippen molar-refractivity contribution < 1.29 is 23.7 Å². The fourth-order valence-corrected chi connectivity index (χ4v) is 2.62. The third-order valence-corrected chi connectivity index (χ3v) is 3.85. The van der Waals surface area contributed by atoms with Crippen LogP contribution in [0.2, 0.25) is 0 Å². The molecule has 0 N–H and O–H groups in total. The molecule has 2 heterocycles. The van der Waals surface area contributed by atoms with Gasteiger partial charge in [0.2, 0.25) is 0 Å². The van der Waals surface area contributed by atoms with Gasteiger partial charge in [-0.15, -0.1) is 0 Å². The quantitative estimate of drug-likeness (QED) is 0.804. The Hall–Kier alpha value is -1.85. The molecule has 0 bridgehead atoms. The molecule has 3 rings (SSSR count). The van der Waals surface area contributed by atoms with Crippen LogP contribution < -0.4 is 0 Å². The van der Waals surface area contributed by atoms with E-state index in [1.54, 1.807) is 13.2 Å². The van der Waals surface area contributed by atoms with Crippen LogP contribution in [0.4, 0.5) is 0 Å². The summed E-state index contributed by atoms with van der Waals surface area (Å²) in [6, 6.07) is 9.71. The fourth-order valence-electron chi connectivity index (χ4n) is 2.62. The summed E-state index contributed by atoms with van der Waals surface area (Å²) in [7, 11) is 0. The normalized spacial score (nSPS) is 30.7. The van der Waals surface area contributed by atoms with Gasteiger partial charge >= 0.3 is 5.97 Å². The Morgan fingerprint density at radius 3 is 2.82 bits per heavy atom. The summed E-state index contributed by atoms with van der Waals surface area (Å²) in [5, 5.41) is 0. The van der Waals surface area contributed by atoms with E-state index in [0.717, 1.165) is 11.1 Å². The maximum atomic E-state index is 11.7. The minimum Gasteiger partial charge on any atom is -0.493 e. The highest BCUT2D eigenvalue weighted by Gasteiger charge is 2.44. The second-order valence-corrected chi connectivity index (χ2v) is 5.48. The first-order chi connectivity index (χ1) is 10.7. The zero-order valence-electron chi connectivity index (χ0n) is 12.7. The molecule has 1 aromatic carbocycles. The maximum absolute atomic E-state index is 11.7. The molecule has 0 saturated carbocycles. The summed E-state index contributed by atoms with van der Waals surface area (Å²) in [5.74, 6) is -0.246. The van der Waals surface area contributed by atoms with Gasteiger partial charge in [-0.1, -0.05) is 37.3 Å². The monoisotopic (exact) mass is 304 g/mol. The van der Waals surface area contributed by atoms with Crippen molar-refractivity contribution in [1.82, 2.24) is 0 Å². The number of hydrogen-bond donors (Lipinski definition) is 0. The number of carbonyl (C=O) groups is 1. The second-order valence-electron chi connectivity index (χ2n) is 5.48. The lowest BCUT2D eigenvalue weighted by molar-refractivity contribution is -0.279. The van der Waals surface area contributed by atoms with Crippen LogP contribution in [0.3, 0.4) is 0 Å². The van der Waals surface area contributed by atoms with Crippen LogP contribution in [0.15, 0.2) is 42.2 Å². The van der Waals surface area contributed by atoms with Crippen molar-refractivity contribution in [3.8, 4) is 0 Å². The van der Waals surface area contributed by atoms with Gasteiger partial charge in [0.15, 0.2) is 18.5 Å². The lowest BCUT2D eigenvalue weighted by Gasteiger charge is -2.42. The number of carbonyl (C=O) groups excluding carboxylic acids is 1. The van der Waals surface area contributed by atoms with Gasteiger partial charge in [0.05, 0.1) is 12.9 Å². The first-order valence-corrected chi connectivity index (χ1v) is 7.52. The molecule has 0 unspecified atom stereocenters. The molecule has 0 radical (unpaired) electrons. The van der Waals surface area contributed by atoms with E-state index in [1.807, 2.05) is 37.3 Å². The number of benzene rings is 1. The summed E-state index contributed by atoms with van der Waals surface area (Å²) in [6.45, 7) is 4.05. The van der Waals surface area contributed by atoms with Gasteiger partial charge in [-0.3, -0.25) is 4.79 Å². The fraction of sp³-hybridized carbons (Fsp3) is 0.471. The molecule has 1 aromatic rings. The third-order valence-electron chi connectivity index (χ3n) is 3.85. The average molecular weight is 304 g/mol. The zero-order valence-corrected chi connectivity index (χ0v) is 12.7. The van der Waals surface area contributed by atoms with Crippen molar-refractivity contribution >= 4 is 5.97 Å². The lowest BCUT2D eigenvalue weighted by Crippen LogP contribution is -2.52. The highest BCUT2D eigenvalue weighted by molar-refractivity contribution is 5.69. The molecule has 5 nitrogen and oxygen atoms in total. The predicted octanol–water partition coefficient (Wildman–Crippen LogP) is 2.73. The van der Waals surface area contributed by atoms with Gasteiger partial charge in [0, 0.05) is 17.6 Å². The van der Waals surface area contributed by atoms with E-state index in [-0.39, 0.29) is 18.2 Å². The van der Waals surface area contributed by atoms with E-state index in [1.165, 1.54) is 0 Å². The van der Waals surface area contributed by atoms with Crippen LogP contribution in [0.25, 0.3) is 0 Å². The van der Waals surface area contributed by atoms with E-state index in [2.05, 4.69) is 0 Å². The zero-order chi connectivity index (χ0) is 15.5. The Balaban J connectivity index is 1.78. The number of rotatable bonds is 3. The van der Waals surface area contributed by atoms with Gasteiger partial charge in [0.25, 0.3) is 0 Å². The summed E-state index contributed by atoms with van der Waals surface area (Å²) >= 11 is 0. The molecule has 0 amide bonds. The molecule has 5 heteroatoms. The third kappa shape index (κ3) is 3.00.